The second-order valence-electron chi connectivity index (χ2n) is 7.41. The van der Waals surface area contributed by atoms with Crippen LogP contribution in [0.3, 0.4) is 0 Å². The zero-order chi connectivity index (χ0) is 22.1. The molecule has 7 nitrogen and oxygen atoms in total. The van der Waals surface area contributed by atoms with Gasteiger partial charge in [0.05, 0.1) is 16.7 Å². The van der Waals surface area contributed by atoms with Crippen molar-refractivity contribution in [1.29, 1.82) is 0 Å². The molecule has 4 aromatic rings. The number of nitro benzene ring substituents is 1. The largest absolute Gasteiger partial charge is 0.351 e. The third kappa shape index (κ3) is 3.50. The molecule has 0 unspecified atom stereocenters. The van der Waals surface area contributed by atoms with Crippen LogP contribution < -0.4 is 10.2 Å². The number of pyridine rings is 1. The van der Waals surface area contributed by atoms with Crippen molar-refractivity contribution < 1.29 is 4.92 Å². The Labute approximate surface area is 190 Å². The number of hydrogen-bond acceptors (Lipinski definition) is 4. The molecule has 158 valence electrons. The Morgan fingerprint density at radius 1 is 0.906 bits per heavy atom. The summed E-state index contributed by atoms with van der Waals surface area (Å²) in [4.78, 5) is 17.4. The highest BCUT2D eigenvalue weighted by Gasteiger charge is 2.42. The standard InChI is InChI=1S/C24H19N5O2S/c30-29(31)19-13-11-17(12-14-19)27-16-6-10-21(27)23-22(20-9-4-5-15-25-20)26-24(32)28(23)18-7-2-1-3-8-18/h1-16,22-23H,(H,26,32)/t22-,23-/m1/s1. The van der Waals surface area contributed by atoms with Crippen LogP contribution in [0.2, 0.25) is 0 Å². The zero-order valence-corrected chi connectivity index (χ0v) is 17.7. The van der Waals surface area contributed by atoms with Gasteiger partial charge >= 0.3 is 0 Å². The minimum atomic E-state index is -0.395. The molecule has 8 heteroatoms. The SMILES string of the molecule is O=[N+]([O-])c1ccc(-n2cccc2[C@@H]2[C@@H](c3ccccn3)NC(=S)N2c2ccccc2)cc1. The molecule has 1 saturated heterocycles. The fourth-order valence-electron chi connectivity index (χ4n) is 4.13. The highest BCUT2D eigenvalue weighted by molar-refractivity contribution is 7.80. The summed E-state index contributed by atoms with van der Waals surface area (Å²) in [6.45, 7) is 0. The van der Waals surface area contributed by atoms with Crippen molar-refractivity contribution in [1.82, 2.24) is 14.9 Å². The summed E-state index contributed by atoms with van der Waals surface area (Å²) < 4.78 is 2.04. The van der Waals surface area contributed by atoms with Crippen molar-refractivity contribution in [2.45, 2.75) is 12.1 Å². The minimum Gasteiger partial charge on any atom is -0.351 e. The van der Waals surface area contributed by atoms with E-state index in [0.29, 0.717) is 5.11 Å². The van der Waals surface area contributed by atoms with Crippen LogP contribution in [0.1, 0.15) is 23.5 Å². The molecule has 1 N–H and O–H groups in total. The number of anilines is 1. The molecule has 2 aromatic heterocycles. The number of rotatable bonds is 5. The van der Waals surface area contributed by atoms with Gasteiger partial charge in [-0.15, -0.1) is 0 Å². The maximum Gasteiger partial charge on any atom is 0.269 e. The van der Waals surface area contributed by atoms with E-state index in [-0.39, 0.29) is 17.8 Å². The number of hydrogen-bond donors (Lipinski definition) is 1. The lowest BCUT2D eigenvalue weighted by Crippen LogP contribution is -2.30. The van der Waals surface area contributed by atoms with E-state index in [1.807, 2.05) is 71.4 Å². The van der Waals surface area contributed by atoms with Gasteiger partial charge in [0.25, 0.3) is 5.69 Å². The molecule has 0 spiro atoms. The summed E-state index contributed by atoms with van der Waals surface area (Å²) in [5, 5.41) is 15.1. The molecule has 1 fully saturated rings. The lowest BCUT2D eigenvalue weighted by molar-refractivity contribution is -0.384. The summed E-state index contributed by atoms with van der Waals surface area (Å²) >= 11 is 5.76. The van der Waals surface area contributed by atoms with E-state index in [0.717, 1.165) is 22.8 Å². The third-order valence-corrected chi connectivity index (χ3v) is 5.87. The average Bonchev–Trinajstić information content (AvgIpc) is 3.44. The number of para-hydroxylation sites is 1. The van der Waals surface area contributed by atoms with Crippen molar-refractivity contribution in [2.75, 3.05) is 4.90 Å². The Morgan fingerprint density at radius 2 is 1.66 bits per heavy atom. The Bertz CT molecular complexity index is 1260. The molecular formula is C24H19N5O2S. The van der Waals surface area contributed by atoms with Gasteiger partial charge in [0, 0.05) is 41.6 Å². The lowest BCUT2D eigenvalue weighted by atomic mass is 10.0. The zero-order valence-electron chi connectivity index (χ0n) is 16.9. The molecule has 0 radical (unpaired) electrons. The molecule has 5 rings (SSSR count). The molecule has 0 saturated carbocycles. The van der Waals surface area contributed by atoms with Crippen LogP contribution in [-0.4, -0.2) is 19.6 Å². The van der Waals surface area contributed by atoms with E-state index in [4.69, 9.17) is 12.2 Å². The van der Waals surface area contributed by atoms with Gasteiger partial charge in [-0.2, -0.15) is 0 Å². The topological polar surface area (TPSA) is 76.2 Å². The van der Waals surface area contributed by atoms with Gasteiger partial charge in [0.2, 0.25) is 0 Å². The van der Waals surface area contributed by atoms with Crippen LogP contribution >= 0.6 is 12.2 Å². The van der Waals surface area contributed by atoms with E-state index in [1.54, 1.807) is 18.3 Å². The molecule has 2 aromatic carbocycles. The number of benzene rings is 2. The second kappa shape index (κ2) is 8.24. The van der Waals surface area contributed by atoms with E-state index in [9.17, 15) is 10.1 Å². The normalized spacial score (nSPS) is 17.9. The number of nitro groups is 1. The van der Waals surface area contributed by atoms with Gasteiger partial charge < -0.3 is 14.8 Å². The number of thiocarbonyl (C=S) groups is 1. The smallest absolute Gasteiger partial charge is 0.269 e. The highest BCUT2D eigenvalue weighted by atomic mass is 32.1. The predicted octanol–water partition coefficient (Wildman–Crippen LogP) is 4.96. The molecule has 32 heavy (non-hydrogen) atoms. The maximum absolute atomic E-state index is 11.1. The number of nitrogens with zero attached hydrogens (tertiary/aromatic N) is 4. The molecule has 1 aliphatic heterocycles. The van der Waals surface area contributed by atoms with Gasteiger partial charge in [0.15, 0.2) is 5.11 Å². The molecular weight excluding hydrogens is 422 g/mol. The molecule has 0 amide bonds. The first-order chi connectivity index (χ1) is 15.6. The first-order valence-electron chi connectivity index (χ1n) is 10.1. The van der Waals surface area contributed by atoms with Gasteiger partial charge in [0.1, 0.15) is 6.04 Å². The van der Waals surface area contributed by atoms with Crippen molar-refractivity contribution in [3.8, 4) is 5.69 Å². The Balaban J connectivity index is 1.63. The first kappa shape index (κ1) is 19.9. The van der Waals surface area contributed by atoms with Crippen molar-refractivity contribution in [3.63, 3.8) is 0 Å². The Kier molecular flexibility index (Phi) is 5.12. The van der Waals surface area contributed by atoms with E-state index < -0.39 is 4.92 Å². The molecule has 2 atom stereocenters. The van der Waals surface area contributed by atoms with Gasteiger partial charge in [-0.05, 0) is 60.7 Å². The number of non-ortho nitro benzene ring substituents is 1. The maximum atomic E-state index is 11.1. The summed E-state index contributed by atoms with van der Waals surface area (Å²) in [5.41, 5.74) is 3.75. The second-order valence-corrected chi connectivity index (χ2v) is 7.80. The Hall–Kier alpha value is -4.04. The van der Waals surface area contributed by atoms with E-state index >= 15 is 0 Å². The van der Waals surface area contributed by atoms with Crippen LogP contribution in [0.5, 0.6) is 0 Å². The van der Waals surface area contributed by atoms with Crippen LogP contribution in [0.4, 0.5) is 11.4 Å². The van der Waals surface area contributed by atoms with Crippen molar-refractivity contribution >= 4 is 28.7 Å². The minimum absolute atomic E-state index is 0.0587. The number of aromatic nitrogens is 2. The molecule has 0 bridgehead atoms. The quantitative estimate of drug-likeness (QED) is 0.268. The van der Waals surface area contributed by atoms with Crippen LogP contribution in [-0.2, 0) is 0 Å². The van der Waals surface area contributed by atoms with Gasteiger partial charge in [-0.1, -0.05) is 24.3 Å². The Morgan fingerprint density at radius 3 is 2.34 bits per heavy atom. The van der Waals surface area contributed by atoms with Crippen LogP contribution in [0.15, 0.2) is 97.3 Å². The van der Waals surface area contributed by atoms with Gasteiger partial charge in [-0.25, -0.2) is 0 Å². The first-order valence-corrected chi connectivity index (χ1v) is 10.5. The molecule has 0 aliphatic carbocycles. The fourth-order valence-corrected chi connectivity index (χ4v) is 4.47. The average molecular weight is 442 g/mol. The van der Waals surface area contributed by atoms with Crippen molar-refractivity contribution in [2.24, 2.45) is 0 Å². The van der Waals surface area contributed by atoms with E-state index in [1.165, 1.54) is 12.1 Å². The number of nitrogens with one attached hydrogen (secondary N) is 1. The summed E-state index contributed by atoms with van der Waals surface area (Å²) in [6, 6.07) is 26.1. The lowest BCUT2D eigenvalue weighted by Gasteiger charge is -2.29. The monoisotopic (exact) mass is 441 g/mol. The molecule has 3 heterocycles. The van der Waals surface area contributed by atoms with Gasteiger partial charge in [-0.3, -0.25) is 15.1 Å². The fraction of sp³-hybridized carbons (Fsp3) is 0.0833. The molecule has 1 aliphatic rings. The summed E-state index contributed by atoms with van der Waals surface area (Å²) in [5.74, 6) is 0. The van der Waals surface area contributed by atoms with Crippen LogP contribution in [0, 0.1) is 10.1 Å². The highest BCUT2D eigenvalue weighted by Crippen LogP contribution is 2.42. The predicted molar refractivity (Wildman–Crippen MR) is 127 cm³/mol. The summed E-state index contributed by atoms with van der Waals surface area (Å²) in [6.07, 6.45) is 3.73. The third-order valence-electron chi connectivity index (χ3n) is 5.55. The van der Waals surface area contributed by atoms with Crippen LogP contribution in [0.25, 0.3) is 5.69 Å². The summed E-state index contributed by atoms with van der Waals surface area (Å²) in [7, 11) is 0. The van der Waals surface area contributed by atoms with E-state index in [2.05, 4.69) is 15.2 Å². The van der Waals surface area contributed by atoms with Crippen molar-refractivity contribution in [3.05, 3.63) is 119 Å².